The number of phenolic OH excluding ortho intramolecular Hbond substituents is 1. The number of hydrogen-bond acceptors (Lipinski definition) is 2. The molecule has 0 atom stereocenters. The van der Waals surface area contributed by atoms with Crippen molar-refractivity contribution in [3.63, 3.8) is 0 Å². The van der Waals surface area contributed by atoms with E-state index < -0.39 is 29.0 Å². The zero-order valence-electron chi connectivity index (χ0n) is 9.55. The summed E-state index contributed by atoms with van der Waals surface area (Å²) in [5.74, 6) is -4.86. The van der Waals surface area contributed by atoms with Crippen LogP contribution in [-0.2, 0) is 6.54 Å². The fourth-order valence-electron chi connectivity index (χ4n) is 1.55. The Balaban J connectivity index is 2.19. The molecule has 2 nitrogen and oxygen atoms in total. The molecule has 0 saturated carbocycles. The second-order valence-corrected chi connectivity index (χ2v) is 3.85. The summed E-state index contributed by atoms with van der Waals surface area (Å²) in [6, 6.07) is 4.91. The summed E-state index contributed by atoms with van der Waals surface area (Å²) in [7, 11) is 0. The maximum Gasteiger partial charge on any atom is 0.165 e. The van der Waals surface area contributed by atoms with Gasteiger partial charge in [-0.1, -0.05) is 12.1 Å². The fourth-order valence-corrected chi connectivity index (χ4v) is 1.55. The van der Waals surface area contributed by atoms with E-state index in [2.05, 4.69) is 5.32 Å². The smallest absolute Gasteiger partial charge is 0.165 e. The lowest BCUT2D eigenvalue weighted by Crippen LogP contribution is -2.03. The Morgan fingerprint density at radius 3 is 2.32 bits per heavy atom. The van der Waals surface area contributed by atoms with Crippen LogP contribution in [0.3, 0.4) is 0 Å². The topological polar surface area (TPSA) is 32.3 Å². The number of para-hydroxylation sites is 1. The fraction of sp³-hybridized carbons (Fsp3) is 0.0769. The van der Waals surface area contributed by atoms with Gasteiger partial charge in [0.2, 0.25) is 0 Å². The van der Waals surface area contributed by atoms with Gasteiger partial charge in [0.1, 0.15) is 5.82 Å². The molecule has 0 bridgehead atoms. The SMILES string of the molecule is Oc1c(F)cccc1CNc1cc(F)c(F)cc1F. The molecule has 0 unspecified atom stereocenters. The number of benzene rings is 2. The minimum atomic E-state index is -1.29. The van der Waals surface area contributed by atoms with Crippen molar-refractivity contribution in [1.82, 2.24) is 0 Å². The van der Waals surface area contributed by atoms with E-state index in [1.807, 2.05) is 0 Å². The number of anilines is 1. The minimum absolute atomic E-state index is 0.133. The predicted octanol–water partition coefficient (Wildman–Crippen LogP) is 3.56. The molecule has 0 heterocycles. The molecular formula is C13H9F4NO. The molecule has 100 valence electrons. The standard InChI is InChI=1S/C13H9F4NO/c14-8-3-1-2-7(13(8)19)6-18-12-5-10(16)9(15)4-11(12)17/h1-5,18-19H,6H2. The molecule has 0 fully saturated rings. The van der Waals surface area contributed by atoms with Crippen molar-refractivity contribution in [2.24, 2.45) is 0 Å². The Bertz CT molecular complexity index is 616. The molecule has 0 aromatic heterocycles. The second-order valence-electron chi connectivity index (χ2n) is 3.85. The molecule has 0 aliphatic carbocycles. The van der Waals surface area contributed by atoms with Gasteiger partial charge in [-0.05, 0) is 6.07 Å². The van der Waals surface area contributed by atoms with E-state index >= 15 is 0 Å². The summed E-state index contributed by atoms with van der Waals surface area (Å²) in [5.41, 5.74) is -0.105. The summed E-state index contributed by atoms with van der Waals surface area (Å²) >= 11 is 0. The summed E-state index contributed by atoms with van der Waals surface area (Å²) in [6.45, 7) is -0.133. The first-order valence-electron chi connectivity index (χ1n) is 5.34. The molecule has 6 heteroatoms. The summed E-state index contributed by atoms with van der Waals surface area (Å²) in [5, 5.41) is 11.9. The molecule has 0 amide bonds. The molecule has 0 spiro atoms. The molecule has 2 rings (SSSR count). The van der Waals surface area contributed by atoms with Crippen LogP contribution >= 0.6 is 0 Å². The summed E-state index contributed by atoms with van der Waals surface area (Å²) in [4.78, 5) is 0. The number of nitrogens with one attached hydrogen (secondary N) is 1. The van der Waals surface area contributed by atoms with Crippen molar-refractivity contribution in [2.75, 3.05) is 5.32 Å². The van der Waals surface area contributed by atoms with Crippen LogP contribution in [0.4, 0.5) is 23.2 Å². The Hall–Kier alpha value is -2.24. The Morgan fingerprint density at radius 1 is 0.895 bits per heavy atom. The van der Waals surface area contributed by atoms with Gasteiger partial charge in [-0.2, -0.15) is 0 Å². The van der Waals surface area contributed by atoms with Crippen molar-refractivity contribution < 1.29 is 22.7 Å². The van der Waals surface area contributed by atoms with Crippen molar-refractivity contribution in [2.45, 2.75) is 6.54 Å². The maximum absolute atomic E-state index is 13.3. The van der Waals surface area contributed by atoms with Crippen LogP contribution < -0.4 is 5.32 Å². The number of hydrogen-bond donors (Lipinski definition) is 2. The molecule has 19 heavy (non-hydrogen) atoms. The Kier molecular flexibility index (Phi) is 3.59. The first kappa shape index (κ1) is 13.2. The molecule has 0 saturated heterocycles. The van der Waals surface area contributed by atoms with Crippen LogP contribution in [0.2, 0.25) is 0 Å². The van der Waals surface area contributed by atoms with Crippen molar-refractivity contribution >= 4 is 5.69 Å². The normalized spacial score (nSPS) is 10.5. The third-order valence-corrected chi connectivity index (χ3v) is 2.55. The van der Waals surface area contributed by atoms with Crippen LogP contribution in [0.25, 0.3) is 0 Å². The summed E-state index contributed by atoms with van der Waals surface area (Å²) < 4.78 is 52.0. The Morgan fingerprint density at radius 2 is 1.58 bits per heavy atom. The van der Waals surface area contributed by atoms with Gasteiger partial charge in [0.05, 0.1) is 5.69 Å². The maximum atomic E-state index is 13.3. The van der Waals surface area contributed by atoms with Crippen LogP contribution in [0.5, 0.6) is 5.75 Å². The largest absolute Gasteiger partial charge is 0.505 e. The van der Waals surface area contributed by atoms with Crippen LogP contribution in [0.1, 0.15) is 5.56 Å². The molecule has 2 N–H and O–H groups in total. The second kappa shape index (κ2) is 5.17. The quantitative estimate of drug-likeness (QED) is 0.661. The van der Waals surface area contributed by atoms with E-state index in [1.165, 1.54) is 12.1 Å². The van der Waals surface area contributed by atoms with E-state index in [0.29, 0.717) is 12.1 Å². The van der Waals surface area contributed by atoms with E-state index in [1.54, 1.807) is 0 Å². The average Bonchev–Trinajstić information content (AvgIpc) is 2.37. The lowest BCUT2D eigenvalue weighted by molar-refractivity contribution is 0.426. The highest BCUT2D eigenvalue weighted by atomic mass is 19.2. The van der Waals surface area contributed by atoms with Gasteiger partial charge >= 0.3 is 0 Å². The van der Waals surface area contributed by atoms with Crippen molar-refractivity contribution in [3.05, 3.63) is 59.2 Å². The molecule has 0 radical (unpaired) electrons. The van der Waals surface area contributed by atoms with Gasteiger partial charge in [0, 0.05) is 24.2 Å². The highest BCUT2D eigenvalue weighted by Crippen LogP contribution is 2.23. The predicted molar refractivity (Wildman–Crippen MR) is 61.7 cm³/mol. The third kappa shape index (κ3) is 2.78. The zero-order chi connectivity index (χ0) is 14.0. The van der Waals surface area contributed by atoms with Gasteiger partial charge in [-0.15, -0.1) is 0 Å². The van der Waals surface area contributed by atoms with Crippen LogP contribution in [-0.4, -0.2) is 5.11 Å². The van der Waals surface area contributed by atoms with Crippen LogP contribution in [0, 0.1) is 23.3 Å². The summed E-state index contributed by atoms with van der Waals surface area (Å²) in [6.07, 6.45) is 0. The van der Waals surface area contributed by atoms with E-state index in [-0.39, 0.29) is 17.8 Å². The zero-order valence-corrected chi connectivity index (χ0v) is 9.55. The number of rotatable bonds is 3. The number of aromatic hydroxyl groups is 1. The first-order chi connectivity index (χ1) is 8.99. The van der Waals surface area contributed by atoms with Gasteiger partial charge in [-0.25, -0.2) is 17.6 Å². The monoisotopic (exact) mass is 271 g/mol. The van der Waals surface area contributed by atoms with E-state index in [0.717, 1.165) is 6.07 Å². The lowest BCUT2D eigenvalue weighted by atomic mass is 10.2. The molecular weight excluding hydrogens is 262 g/mol. The number of halogens is 4. The highest BCUT2D eigenvalue weighted by Gasteiger charge is 2.11. The van der Waals surface area contributed by atoms with Crippen molar-refractivity contribution in [3.8, 4) is 5.75 Å². The molecule has 2 aromatic carbocycles. The molecule has 0 aliphatic heterocycles. The highest BCUT2D eigenvalue weighted by molar-refractivity contribution is 5.47. The van der Waals surface area contributed by atoms with Gasteiger partial charge in [0.25, 0.3) is 0 Å². The van der Waals surface area contributed by atoms with Gasteiger partial charge < -0.3 is 10.4 Å². The average molecular weight is 271 g/mol. The van der Waals surface area contributed by atoms with E-state index in [4.69, 9.17) is 0 Å². The van der Waals surface area contributed by atoms with E-state index in [9.17, 15) is 22.7 Å². The first-order valence-corrected chi connectivity index (χ1v) is 5.34. The molecule has 0 aliphatic rings. The van der Waals surface area contributed by atoms with Gasteiger partial charge in [-0.3, -0.25) is 0 Å². The van der Waals surface area contributed by atoms with Crippen molar-refractivity contribution in [1.29, 1.82) is 0 Å². The van der Waals surface area contributed by atoms with Gasteiger partial charge in [0.15, 0.2) is 23.2 Å². The molecule has 2 aromatic rings. The third-order valence-electron chi connectivity index (χ3n) is 2.55. The Labute approximate surface area is 106 Å². The lowest BCUT2D eigenvalue weighted by Gasteiger charge is -2.09. The van der Waals surface area contributed by atoms with Crippen LogP contribution in [0.15, 0.2) is 30.3 Å². The minimum Gasteiger partial charge on any atom is -0.505 e. The number of phenols is 1.